The zero-order chi connectivity index (χ0) is 18.9. The maximum atomic E-state index is 12.6. The summed E-state index contributed by atoms with van der Waals surface area (Å²) in [5.41, 5.74) is 0.718. The molecule has 0 saturated carbocycles. The summed E-state index contributed by atoms with van der Waals surface area (Å²) in [7, 11) is 0. The number of rotatable bonds is 2. The minimum atomic E-state index is -1.36. The number of ether oxygens (including phenoxy) is 1. The van der Waals surface area contributed by atoms with E-state index >= 15 is 0 Å². The van der Waals surface area contributed by atoms with E-state index in [1.807, 2.05) is 0 Å². The van der Waals surface area contributed by atoms with Crippen LogP contribution in [0.3, 0.4) is 0 Å². The van der Waals surface area contributed by atoms with Crippen molar-refractivity contribution >= 4 is 35.4 Å². The summed E-state index contributed by atoms with van der Waals surface area (Å²) in [6.07, 6.45) is -2.34. The number of fused-ring (bicyclic) bond motifs is 1. The molecular formula is C16H19ClN2O6. The third-order valence-electron chi connectivity index (χ3n) is 3.32. The summed E-state index contributed by atoms with van der Waals surface area (Å²) in [5.74, 6) is -0.716. The first-order valence-electron chi connectivity index (χ1n) is 7.51. The number of anilines is 1. The molecule has 136 valence electrons. The largest absolute Gasteiger partial charge is 0.534 e. The quantitative estimate of drug-likeness (QED) is 0.775. The van der Waals surface area contributed by atoms with Gasteiger partial charge >= 0.3 is 12.2 Å². The number of aryl methyl sites for hydroxylation is 1. The third kappa shape index (κ3) is 4.54. The normalized spacial score (nSPS) is 16.9. The van der Waals surface area contributed by atoms with E-state index in [4.69, 9.17) is 26.3 Å². The number of nitrogens with zero attached hydrogens (tertiary/aromatic N) is 1. The van der Waals surface area contributed by atoms with E-state index in [1.54, 1.807) is 39.8 Å². The predicted molar refractivity (Wildman–Crippen MR) is 89.6 cm³/mol. The molecule has 1 heterocycles. The molecule has 1 aromatic carbocycles. The number of hydrogen-bond donors (Lipinski definition) is 2. The van der Waals surface area contributed by atoms with Crippen LogP contribution in [0.5, 0.6) is 0 Å². The maximum Gasteiger partial charge on any atom is 0.534 e. The van der Waals surface area contributed by atoms with Crippen LogP contribution in [-0.4, -0.2) is 34.9 Å². The molecule has 9 heteroatoms. The molecule has 0 fully saturated rings. The molecule has 1 aliphatic rings. The topological polar surface area (TPSA) is 105 Å². The highest BCUT2D eigenvalue weighted by Gasteiger charge is 2.38. The number of carbonyl (C=O) groups is 3. The number of benzene rings is 1. The number of halogens is 1. The molecule has 1 atom stereocenters. The zero-order valence-corrected chi connectivity index (χ0v) is 15.0. The van der Waals surface area contributed by atoms with Crippen LogP contribution in [0.2, 0.25) is 5.02 Å². The van der Waals surface area contributed by atoms with E-state index in [0.29, 0.717) is 21.8 Å². The van der Waals surface area contributed by atoms with Gasteiger partial charge in [-0.15, -0.1) is 5.06 Å². The molecule has 1 unspecified atom stereocenters. The van der Waals surface area contributed by atoms with Crippen LogP contribution >= 0.6 is 11.6 Å². The van der Waals surface area contributed by atoms with Crippen LogP contribution in [0, 0.1) is 6.92 Å². The molecule has 1 aliphatic heterocycles. The monoisotopic (exact) mass is 370 g/mol. The lowest BCUT2D eigenvalue weighted by Gasteiger charge is -2.33. The van der Waals surface area contributed by atoms with E-state index in [2.05, 4.69) is 5.32 Å². The van der Waals surface area contributed by atoms with Crippen molar-refractivity contribution in [3.8, 4) is 0 Å². The molecule has 1 aromatic rings. The van der Waals surface area contributed by atoms with Crippen molar-refractivity contribution in [1.82, 2.24) is 5.32 Å². The van der Waals surface area contributed by atoms with Gasteiger partial charge in [0.1, 0.15) is 11.6 Å². The molecule has 0 saturated heterocycles. The summed E-state index contributed by atoms with van der Waals surface area (Å²) in [5, 5.41) is 12.2. The van der Waals surface area contributed by atoms with Crippen molar-refractivity contribution in [2.75, 3.05) is 5.06 Å². The second-order valence-corrected chi connectivity index (χ2v) is 7.06. The number of nitrogens with one attached hydrogen (secondary N) is 1. The highest BCUT2D eigenvalue weighted by Crippen LogP contribution is 2.34. The lowest BCUT2D eigenvalue weighted by molar-refractivity contribution is -0.128. The Kier molecular flexibility index (Phi) is 5.12. The third-order valence-corrected chi connectivity index (χ3v) is 3.54. The van der Waals surface area contributed by atoms with E-state index in [1.165, 1.54) is 0 Å². The standard InChI is InChI=1S/C16H19ClN2O6/c1-8-5-10(17)6-9-7-11(18-14(21)22)13(20)19(12(8)9)25-15(23)24-16(2,3)4/h5-6,11,18H,7H2,1-4H3,(H,21,22). The fourth-order valence-corrected chi connectivity index (χ4v) is 2.80. The van der Waals surface area contributed by atoms with Crippen LogP contribution in [0.4, 0.5) is 15.3 Å². The van der Waals surface area contributed by atoms with Crippen molar-refractivity contribution in [3.05, 3.63) is 28.3 Å². The molecular weight excluding hydrogens is 352 g/mol. The number of carbonyl (C=O) groups excluding carboxylic acids is 2. The van der Waals surface area contributed by atoms with Gasteiger partial charge in [0.15, 0.2) is 0 Å². The summed E-state index contributed by atoms with van der Waals surface area (Å²) in [6.45, 7) is 6.66. The molecule has 0 aliphatic carbocycles. The van der Waals surface area contributed by atoms with Crippen LogP contribution in [-0.2, 0) is 20.8 Å². The van der Waals surface area contributed by atoms with E-state index in [9.17, 15) is 14.4 Å². The van der Waals surface area contributed by atoms with Gasteiger partial charge in [0.05, 0.1) is 5.69 Å². The Labute approximate surface area is 149 Å². The van der Waals surface area contributed by atoms with E-state index in [-0.39, 0.29) is 6.42 Å². The molecule has 2 rings (SSSR count). The minimum Gasteiger partial charge on any atom is -0.465 e. The molecule has 2 amide bonds. The van der Waals surface area contributed by atoms with Gasteiger partial charge in [0.25, 0.3) is 5.91 Å². The fraction of sp³-hybridized carbons (Fsp3) is 0.438. The summed E-state index contributed by atoms with van der Waals surface area (Å²) in [4.78, 5) is 40.6. The fourth-order valence-electron chi connectivity index (χ4n) is 2.51. The van der Waals surface area contributed by atoms with E-state index in [0.717, 1.165) is 5.06 Å². The van der Waals surface area contributed by atoms with Crippen LogP contribution < -0.4 is 10.4 Å². The van der Waals surface area contributed by atoms with Gasteiger partial charge in [-0.2, -0.15) is 0 Å². The van der Waals surface area contributed by atoms with Crippen LogP contribution in [0.1, 0.15) is 31.9 Å². The number of hydroxylamine groups is 1. The summed E-state index contributed by atoms with van der Waals surface area (Å²) in [6, 6.07) is 2.10. The second-order valence-electron chi connectivity index (χ2n) is 6.62. The van der Waals surface area contributed by atoms with Crippen molar-refractivity contribution in [3.63, 3.8) is 0 Å². The zero-order valence-electron chi connectivity index (χ0n) is 14.3. The van der Waals surface area contributed by atoms with Crippen molar-refractivity contribution in [1.29, 1.82) is 0 Å². The van der Waals surface area contributed by atoms with Gasteiger partial charge in [-0.25, -0.2) is 9.59 Å². The summed E-state index contributed by atoms with van der Waals surface area (Å²) < 4.78 is 5.07. The first-order valence-corrected chi connectivity index (χ1v) is 7.89. The molecule has 0 aromatic heterocycles. The van der Waals surface area contributed by atoms with Gasteiger partial charge in [-0.3, -0.25) is 9.63 Å². The Morgan fingerprint density at radius 2 is 2.00 bits per heavy atom. The van der Waals surface area contributed by atoms with Gasteiger partial charge in [-0.05, 0) is 51.0 Å². The van der Waals surface area contributed by atoms with Crippen molar-refractivity contribution in [2.24, 2.45) is 0 Å². The van der Waals surface area contributed by atoms with E-state index < -0.39 is 29.8 Å². The first-order chi connectivity index (χ1) is 11.5. The Morgan fingerprint density at radius 3 is 2.56 bits per heavy atom. The van der Waals surface area contributed by atoms with Crippen molar-refractivity contribution in [2.45, 2.75) is 45.8 Å². The molecule has 0 bridgehead atoms. The first kappa shape index (κ1) is 18.9. The Balaban J connectivity index is 2.40. The SMILES string of the molecule is Cc1cc(Cl)cc2c1N(OC(=O)OC(C)(C)C)C(=O)C(NC(=O)O)C2. The highest BCUT2D eigenvalue weighted by molar-refractivity contribution is 6.31. The maximum absolute atomic E-state index is 12.6. The average Bonchev–Trinajstić information content (AvgIpc) is 2.40. The molecule has 8 nitrogen and oxygen atoms in total. The Hall–Kier alpha value is -2.48. The predicted octanol–water partition coefficient (Wildman–Crippen LogP) is 3.04. The lowest BCUT2D eigenvalue weighted by atomic mass is 9.96. The van der Waals surface area contributed by atoms with Gasteiger partial charge in [0.2, 0.25) is 0 Å². The number of hydrogen-bond acceptors (Lipinski definition) is 5. The molecule has 0 spiro atoms. The summed E-state index contributed by atoms with van der Waals surface area (Å²) >= 11 is 6.04. The lowest BCUT2D eigenvalue weighted by Crippen LogP contribution is -2.53. The Bertz CT molecular complexity index is 728. The number of amides is 2. The average molecular weight is 371 g/mol. The molecule has 25 heavy (non-hydrogen) atoms. The second kappa shape index (κ2) is 6.79. The smallest absolute Gasteiger partial charge is 0.465 e. The minimum absolute atomic E-state index is 0.0933. The Morgan fingerprint density at radius 1 is 1.36 bits per heavy atom. The van der Waals surface area contributed by atoms with Gasteiger partial charge in [0, 0.05) is 11.4 Å². The molecule has 0 radical (unpaired) electrons. The van der Waals surface area contributed by atoms with Crippen LogP contribution in [0.25, 0.3) is 0 Å². The van der Waals surface area contributed by atoms with Gasteiger partial charge < -0.3 is 15.2 Å². The van der Waals surface area contributed by atoms with Crippen molar-refractivity contribution < 1.29 is 29.1 Å². The number of carboxylic acid groups (broad SMARTS) is 1. The van der Waals surface area contributed by atoms with Crippen LogP contribution in [0.15, 0.2) is 12.1 Å². The highest BCUT2D eigenvalue weighted by atomic mass is 35.5. The molecule has 2 N–H and O–H groups in total. The van der Waals surface area contributed by atoms with Gasteiger partial charge in [-0.1, -0.05) is 11.6 Å².